The molecule has 0 aliphatic heterocycles. The molecule has 2 aromatic carbocycles. The minimum absolute atomic E-state index is 0.416. The van der Waals surface area contributed by atoms with Crippen LogP contribution in [0.5, 0.6) is 5.75 Å². The standard InChI is InChI=1S/C32H36N4O2/c1-3-5-7-9-11-25-22-33-30(34-23-25)26-12-14-28(15-13-26)32(37)38-29-18-16-27(17-19-29)31-35-20-24(21-36-31)10-8-6-4-2/h12-23H,3-11H2,1-2H3. The lowest BCUT2D eigenvalue weighted by atomic mass is 10.1. The first-order valence-corrected chi connectivity index (χ1v) is 13.7. The number of nitrogens with zero attached hydrogens (tertiary/aromatic N) is 4. The third-order valence-corrected chi connectivity index (χ3v) is 6.50. The van der Waals surface area contributed by atoms with Crippen molar-refractivity contribution in [1.82, 2.24) is 19.9 Å². The Morgan fingerprint density at radius 1 is 0.605 bits per heavy atom. The summed E-state index contributed by atoms with van der Waals surface area (Å²) in [7, 11) is 0. The van der Waals surface area contributed by atoms with Crippen LogP contribution in [0.2, 0.25) is 0 Å². The fraction of sp³-hybridized carbons (Fsp3) is 0.344. The lowest BCUT2D eigenvalue weighted by molar-refractivity contribution is 0.0735. The Morgan fingerprint density at radius 2 is 1.05 bits per heavy atom. The maximum Gasteiger partial charge on any atom is 0.343 e. The summed E-state index contributed by atoms with van der Waals surface area (Å²) in [6.45, 7) is 4.41. The summed E-state index contributed by atoms with van der Waals surface area (Å²) < 4.78 is 5.57. The van der Waals surface area contributed by atoms with Crippen LogP contribution in [0.4, 0.5) is 0 Å². The van der Waals surface area contributed by atoms with E-state index in [1.54, 1.807) is 24.3 Å². The molecule has 0 amide bonds. The van der Waals surface area contributed by atoms with Gasteiger partial charge in [0.1, 0.15) is 5.75 Å². The quantitative estimate of drug-likeness (QED) is 0.105. The van der Waals surface area contributed by atoms with Gasteiger partial charge in [-0.15, -0.1) is 0 Å². The van der Waals surface area contributed by atoms with Gasteiger partial charge in [-0.05, 0) is 73.2 Å². The fourth-order valence-corrected chi connectivity index (χ4v) is 4.19. The number of aryl methyl sites for hydroxylation is 2. The van der Waals surface area contributed by atoms with Gasteiger partial charge in [0.15, 0.2) is 11.6 Å². The van der Waals surface area contributed by atoms with E-state index in [9.17, 15) is 4.79 Å². The summed E-state index contributed by atoms with van der Waals surface area (Å²) in [6, 6.07) is 14.4. The Bertz CT molecular complexity index is 1270. The normalized spacial score (nSPS) is 10.9. The van der Waals surface area contributed by atoms with Gasteiger partial charge in [0.25, 0.3) is 0 Å². The van der Waals surface area contributed by atoms with E-state index >= 15 is 0 Å². The topological polar surface area (TPSA) is 77.9 Å². The zero-order valence-corrected chi connectivity index (χ0v) is 22.4. The highest BCUT2D eigenvalue weighted by Gasteiger charge is 2.11. The van der Waals surface area contributed by atoms with Crippen molar-refractivity contribution in [1.29, 1.82) is 0 Å². The summed E-state index contributed by atoms with van der Waals surface area (Å²) in [5, 5.41) is 0. The predicted octanol–water partition coefficient (Wildman–Crippen LogP) is 7.68. The molecule has 196 valence electrons. The Kier molecular flexibility index (Phi) is 10.1. The molecule has 6 nitrogen and oxygen atoms in total. The van der Waals surface area contributed by atoms with Crippen LogP contribution in [0.15, 0.2) is 73.3 Å². The van der Waals surface area contributed by atoms with Gasteiger partial charge in [-0.1, -0.05) is 58.1 Å². The van der Waals surface area contributed by atoms with Crippen molar-refractivity contribution >= 4 is 5.97 Å². The first-order valence-electron chi connectivity index (χ1n) is 13.7. The maximum atomic E-state index is 12.7. The van der Waals surface area contributed by atoms with Crippen LogP contribution in [-0.4, -0.2) is 25.9 Å². The fourth-order valence-electron chi connectivity index (χ4n) is 4.19. The average molecular weight is 509 g/mol. The Morgan fingerprint density at radius 3 is 1.55 bits per heavy atom. The molecule has 0 fully saturated rings. The van der Waals surface area contributed by atoms with Gasteiger partial charge < -0.3 is 4.74 Å². The highest BCUT2D eigenvalue weighted by atomic mass is 16.5. The Labute approximate surface area is 225 Å². The van der Waals surface area contributed by atoms with E-state index in [-0.39, 0.29) is 0 Å². The molecule has 0 unspecified atom stereocenters. The number of aromatic nitrogens is 4. The van der Waals surface area contributed by atoms with Crippen molar-refractivity contribution < 1.29 is 9.53 Å². The number of esters is 1. The van der Waals surface area contributed by atoms with Crippen LogP contribution >= 0.6 is 0 Å². The third kappa shape index (κ3) is 7.78. The van der Waals surface area contributed by atoms with Crippen molar-refractivity contribution in [3.8, 4) is 28.5 Å². The number of unbranched alkanes of at least 4 members (excludes halogenated alkanes) is 5. The minimum atomic E-state index is -0.416. The third-order valence-electron chi connectivity index (χ3n) is 6.50. The average Bonchev–Trinajstić information content (AvgIpc) is 2.97. The number of rotatable bonds is 13. The largest absolute Gasteiger partial charge is 0.423 e. The second-order valence-electron chi connectivity index (χ2n) is 9.59. The van der Waals surface area contributed by atoms with Crippen molar-refractivity contribution in [3.05, 3.63) is 90.0 Å². The van der Waals surface area contributed by atoms with Gasteiger partial charge in [0, 0.05) is 35.9 Å². The summed E-state index contributed by atoms with van der Waals surface area (Å²) in [5.74, 6) is 1.36. The van der Waals surface area contributed by atoms with E-state index in [1.807, 2.05) is 49.1 Å². The summed E-state index contributed by atoms with van der Waals surface area (Å²) in [4.78, 5) is 30.7. The first-order chi connectivity index (χ1) is 18.7. The summed E-state index contributed by atoms with van der Waals surface area (Å²) in [6.07, 6.45) is 18.0. The monoisotopic (exact) mass is 508 g/mol. The molecule has 0 N–H and O–H groups in total. The Balaban J connectivity index is 1.31. The van der Waals surface area contributed by atoms with Crippen molar-refractivity contribution in [3.63, 3.8) is 0 Å². The van der Waals surface area contributed by atoms with Gasteiger partial charge >= 0.3 is 5.97 Å². The molecule has 0 spiro atoms. The molecule has 0 radical (unpaired) electrons. The van der Waals surface area contributed by atoms with Crippen molar-refractivity contribution in [2.75, 3.05) is 0 Å². The molecule has 4 rings (SSSR count). The van der Waals surface area contributed by atoms with Crippen LogP contribution in [0.1, 0.15) is 80.3 Å². The Hall–Kier alpha value is -3.93. The van der Waals surface area contributed by atoms with E-state index in [2.05, 4.69) is 33.8 Å². The molecule has 0 saturated heterocycles. The molecule has 4 aromatic rings. The van der Waals surface area contributed by atoms with Crippen LogP contribution in [0.3, 0.4) is 0 Å². The van der Waals surface area contributed by atoms with Gasteiger partial charge in [-0.2, -0.15) is 0 Å². The molecule has 0 saturated carbocycles. The first kappa shape index (κ1) is 27.1. The molecule has 0 atom stereocenters. The van der Waals surface area contributed by atoms with Gasteiger partial charge in [0.2, 0.25) is 0 Å². The minimum Gasteiger partial charge on any atom is -0.423 e. The van der Waals surface area contributed by atoms with Gasteiger partial charge in [-0.3, -0.25) is 0 Å². The molecule has 0 aliphatic carbocycles. The molecule has 38 heavy (non-hydrogen) atoms. The van der Waals surface area contributed by atoms with E-state index in [4.69, 9.17) is 4.74 Å². The van der Waals surface area contributed by atoms with E-state index in [0.29, 0.717) is 23.0 Å². The van der Waals surface area contributed by atoms with E-state index in [0.717, 1.165) is 47.9 Å². The number of ether oxygens (including phenoxy) is 1. The molecular weight excluding hydrogens is 472 g/mol. The van der Waals surface area contributed by atoms with Crippen molar-refractivity contribution in [2.24, 2.45) is 0 Å². The SMILES string of the molecule is CCCCCCc1cnc(-c2ccc(C(=O)Oc3ccc(-c4ncc(CCCCC)cn4)cc3)cc2)nc1. The number of benzene rings is 2. The maximum absolute atomic E-state index is 12.7. The smallest absolute Gasteiger partial charge is 0.343 e. The number of hydrogen-bond acceptors (Lipinski definition) is 6. The lowest BCUT2D eigenvalue weighted by Crippen LogP contribution is -2.08. The van der Waals surface area contributed by atoms with E-state index < -0.39 is 5.97 Å². The van der Waals surface area contributed by atoms with Gasteiger partial charge in [-0.25, -0.2) is 24.7 Å². The molecule has 0 bridgehead atoms. The highest BCUT2D eigenvalue weighted by molar-refractivity contribution is 5.91. The summed E-state index contributed by atoms with van der Waals surface area (Å²) >= 11 is 0. The summed E-state index contributed by atoms with van der Waals surface area (Å²) in [5.41, 5.74) is 4.51. The molecule has 2 aromatic heterocycles. The molecule has 2 heterocycles. The van der Waals surface area contributed by atoms with Crippen LogP contribution in [0.25, 0.3) is 22.8 Å². The lowest BCUT2D eigenvalue weighted by Gasteiger charge is -2.07. The van der Waals surface area contributed by atoms with Crippen LogP contribution in [0, 0.1) is 0 Å². The van der Waals surface area contributed by atoms with Crippen LogP contribution in [-0.2, 0) is 12.8 Å². The molecular formula is C32H36N4O2. The highest BCUT2D eigenvalue weighted by Crippen LogP contribution is 2.22. The van der Waals surface area contributed by atoms with Gasteiger partial charge in [0.05, 0.1) is 5.56 Å². The van der Waals surface area contributed by atoms with E-state index in [1.165, 1.54) is 32.1 Å². The number of hydrogen-bond donors (Lipinski definition) is 0. The molecule has 0 aliphatic rings. The van der Waals surface area contributed by atoms with Crippen LogP contribution < -0.4 is 4.74 Å². The number of carbonyl (C=O) groups excluding carboxylic acids is 1. The second-order valence-corrected chi connectivity index (χ2v) is 9.59. The zero-order valence-electron chi connectivity index (χ0n) is 22.4. The zero-order chi connectivity index (χ0) is 26.6. The number of carbonyl (C=O) groups is 1. The predicted molar refractivity (Wildman–Crippen MR) is 151 cm³/mol. The molecule has 6 heteroatoms. The van der Waals surface area contributed by atoms with Crippen molar-refractivity contribution in [2.45, 2.75) is 71.6 Å². The second kappa shape index (κ2) is 14.1.